The summed E-state index contributed by atoms with van der Waals surface area (Å²) in [6, 6.07) is 2.13. The lowest BCUT2D eigenvalue weighted by atomic mass is 10.4. The molecule has 1 atom stereocenters. The Morgan fingerprint density at radius 3 is 2.00 bits per heavy atom. The van der Waals surface area contributed by atoms with Crippen LogP contribution in [0, 0.1) is 11.3 Å². The van der Waals surface area contributed by atoms with Crippen molar-refractivity contribution in [3.8, 4) is 6.07 Å². The van der Waals surface area contributed by atoms with Crippen LogP contribution in [0.2, 0.25) is 5.54 Å². The molecule has 0 bridgehead atoms. The zero-order valence-corrected chi connectivity index (χ0v) is 10.0. The normalized spacial score (nSPS) is 13.8. The van der Waals surface area contributed by atoms with E-state index in [0.717, 1.165) is 0 Å². The van der Waals surface area contributed by atoms with E-state index in [1.807, 2.05) is 0 Å². The fourth-order valence-electron chi connectivity index (χ4n) is 1.13. The highest BCUT2D eigenvalue weighted by Gasteiger charge is 2.47. The Kier molecular flexibility index (Phi) is 6.37. The first-order chi connectivity index (χ1) is 6.20. The van der Waals surface area contributed by atoms with Crippen molar-refractivity contribution < 1.29 is 13.3 Å². The number of rotatable bonds is 6. The van der Waals surface area contributed by atoms with Crippen LogP contribution in [0.1, 0.15) is 6.42 Å². The van der Waals surface area contributed by atoms with Gasteiger partial charge in [-0.3, -0.25) is 0 Å². The molecule has 4 nitrogen and oxygen atoms in total. The highest BCUT2D eigenvalue weighted by Crippen LogP contribution is 2.26. The second kappa shape index (κ2) is 6.40. The van der Waals surface area contributed by atoms with Gasteiger partial charge in [0.05, 0.1) is 6.07 Å². The van der Waals surface area contributed by atoms with E-state index in [9.17, 15) is 0 Å². The molecule has 0 heterocycles. The van der Waals surface area contributed by atoms with Gasteiger partial charge >= 0.3 is 8.80 Å². The second-order valence-electron chi connectivity index (χ2n) is 2.41. The monoisotopic (exact) mass is 221 g/mol. The van der Waals surface area contributed by atoms with Gasteiger partial charge in [0.15, 0.2) is 0 Å². The topological polar surface area (TPSA) is 51.5 Å². The van der Waals surface area contributed by atoms with Gasteiger partial charge in [-0.25, -0.2) is 0 Å². The van der Waals surface area contributed by atoms with Crippen LogP contribution < -0.4 is 0 Å². The number of hydrogen-bond acceptors (Lipinski definition) is 5. The molecule has 0 aromatic rings. The molecule has 0 aliphatic rings. The van der Waals surface area contributed by atoms with Crippen LogP contribution in [-0.4, -0.2) is 35.9 Å². The molecule has 0 N–H and O–H groups in total. The zero-order valence-electron chi connectivity index (χ0n) is 8.11. The number of nitrogens with zero attached hydrogens (tertiary/aromatic N) is 1. The highest BCUT2D eigenvalue weighted by molar-refractivity contribution is 7.80. The van der Waals surface area contributed by atoms with E-state index in [4.69, 9.17) is 18.5 Å². The first kappa shape index (κ1) is 12.9. The van der Waals surface area contributed by atoms with Gasteiger partial charge in [-0.05, 0) is 12.2 Å². The lowest BCUT2D eigenvalue weighted by Crippen LogP contribution is -2.47. The van der Waals surface area contributed by atoms with E-state index in [1.165, 1.54) is 21.3 Å². The van der Waals surface area contributed by atoms with E-state index in [1.54, 1.807) is 0 Å². The molecule has 0 aliphatic heterocycles. The fraction of sp³-hybridized carbons (Fsp3) is 0.857. The van der Waals surface area contributed by atoms with Crippen LogP contribution in [0.5, 0.6) is 0 Å². The Morgan fingerprint density at radius 1 is 1.31 bits per heavy atom. The number of thiol groups is 1. The van der Waals surface area contributed by atoms with Gasteiger partial charge in [0.1, 0.15) is 5.54 Å². The third-order valence-corrected chi connectivity index (χ3v) is 5.09. The Bertz CT molecular complexity index is 173. The minimum atomic E-state index is -2.78. The smallest absolute Gasteiger partial charge is 0.376 e. The Labute approximate surface area is 85.6 Å². The molecule has 0 rings (SSSR count). The summed E-state index contributed by atoms with van der Waals surface area (Å²) in [5.41, 5.74) is -0.343. The Morgan fingerprint density at radius 2 is 1.77 bits per heavy atom. The summed E-state index contributed by atoms with van der Waals surface area (Å²) in [7, 11) is 1.73. The SMILES string of the molecule is CO[Si](OC)(OC)C(C#N)CCS. The molecule has 0 aliphatic carbocycles. The summed E-state index contributed by atoms with van der Waals surface area (Å²) in [4.78, 5) is 0. The molecule has 0 saturated heterocycles. The lowest BCUT2D eigenvalue weighted by molar-refractivity contribution is 0.117. The summed E-state index contributed by atoms with van der Waals surface area (Å²) in [6.45, 7) is 0. The predicted molar refractivity (Wildman–Crippen MR) is 54.6 cm³/mol. The molecule has 0 amide bonds. The van der Waals surface area contributed by atoms with Crippen LogP contribution in [0.3, 0.4) is 0 Å². The standard InChI is InChI=1S/C7H15NO3SSi/c1-9-13(10-2,11-3)7(6-8)4-5-12/h7,12H,4-5H2,1-3H3. The average molecular weight is 221 g/mol. The molecule has 0 spiro atoms. The first-order valence-corrected chi connectivity index (χ1v) is 6.30. The van der Waals surface area contributed by atoms with Crippen molar-refractivity contribution in [3.63, 3.8) is 0 Å². The van der Waals surface area contributed by atoms with E-state index in [-0.39, 0.29) is 5.54 Å². The Hall–Kier alpha value is -0.0631. The molecule has 0 saturated carbocycles. The van der Waals surface area contributed by atoms with Crippen LogP contribution >= 0.6 is 12.6 Å². The minimum absolute atomic E-state index is 0.343. The Balaban J connectivity index is 4.57. The molecule has 76 valence electrons. The van der Waals surface area contributed by atoms with Crippen LogP contribution in [0.15, 0.2) is 0 Å². The van der Waals surface area contributed by atoms with Gasteiger partial charge in [-0.1, -0.05) is 0 Å². The zero-order chi connectivity index (χ0) is 10.3. The molecule has 0 radical (unpaired) electrons. The molecular weight excluding hydrogens is 206 g/mol. The first-order valence-electron chi connectivity index (χ1n) is 3.86. The van der Waals surface area contributed by atoms with Gasteiger partial charge in [-0.2, -0.15) is 17.9 Å². The van der Waals surface area contributed by atoms with Crippen LogP contribution in [0.4, 0.5) is 0 Å². The molecule has 0 fully saturated rings. The molecule has 1 unspecified atom stereocenters. The maximum absolute atomic E-state index is 8.90. The summed E-state index contributed by atoms with van der Waals surface area (Å²) in [5, 5.41) is 8.90. The summed E-state index contributed by atoms with van der Waals surface area (Å²) < 4.78 is 15.5. The van der Waals surface area contributed by atoms with Crippen molar-refractivity contribution in [2.24, 2.45) is 0 Å². The number of nitriles is 1. The average Bonchev–Trinajstić information content (AvgIpc) is 2.19. The fourth-order valence-corrected chi connectivity index (χ4v) is 3.64. The molecule has 6 heteroatoms. The van der Waals surface area contributed by atoms with E-state index in [2.05, 4.69) is 18.7 Å². The maximum atomic E-state index is 8.90. The molecule has 13 heavy (non-hydrogen) atoms. The molecular formula is C7H15NO3SSi. The van der Waals surface area contributed by atoms with Crippen molar-refractivity contribution in [2.75, 3.05) is 27.1 Å². The quantitative estimate of drug-likeness (QED) is 0.538. The third-order valence-electron chi connectivity index (χ3n) is 1.85. The lowest BCUT2D eigenvalue weighted by Gasteiger charge is -2.27. The third kappa shape index (κ3) is 2.97. The van der Waals surface area contributed by atoms with Gasteiger partial charge in [0.2, 0.25) is 0 Å². The van der Waals surface area contributed by atoms with Gasteiger partial charge in [0.25, 0.3) is 0 Å². The summed E-state index contributed by atoms with van der Waals surface area (Å²) in [6.07, 6.45) is 0.612. The highest BCUT2D eigenvalue weighted by atomic mass is 32.1. The minimum Gasteiger partial charge on any atom is -0.376 e. The predicted octanol–water partition coefficient (Wildman–Crippen LogP) is 1.08. The largest absolute Gasteiger partial charge is 0.518 e. The maximum Gasteiger partial charge on any atom is 0.518 e. The van der Waals surface area contributed by atoms with Crippen LogP contribution in [-0.2, 0) is 13.3 Å². The van der Waals surface area contributed by atoms with E-state index < -0.39 is 8.80 Å². The number of hydrogen-bond donors (Lipinski definition) is 1. The van der Waals surface area contributed by atoms with Gasteiger partial charge in [0, 0.05) is 21.3 Å². The van der Waals surface area contributed by atoms with E-state index >= 15 is 0 Å². The van der Waals surface area contributed by atoms with Crippen LogP contribution in [0.25, 0.3) is 0 Å². The van der Waals surface area contributed by atoms with E-state index in [0.29, 0.717) is 12.2 Å². The van der Waals surface area contributed by atoms with Crippen molar-refractivity contribution in [1.82, 2.24) is 0 Å². The summed E-state index contributed by atoms with van der Waals surface area (Å²) in [5.74, 6) is 0.614. The van der Waals surface area contributed by atoms with Gasteiger partial charge < -0.3 is 13.3 Å². The summed E-state index contributed by atoms with van der Waals surface area (Å²) >= 11 is 4.07. The van der Waals surface area contributed by atoms with Crippen molar-refractivity contribution in [2.45, 2.75) is 12.0 Å². The van der Waals surface area contributed by atoms with Crippen molar-refractivity contribution in [1.29, 1.82) is 5.26 Å². The second-order valence-corrected chi connectivity index (χ2v) is 5.99. The molecule has 0 aromatic heterocycles. The van der Waals surface area contributed by atoms with Crippen molar-refractivity contribution >= 4 is 21.4 Å². The van der Waals surface area contributed by atoms with Gasteiger partial charge in [-0.15, -0.1) is 0 Å². The molecule has 0 aromatic carbocycles. The van der Waals surface area contributed by atoms with Crippen molar-refractivity contribution in [3.05, 3.63) is 0 Å².